The van der Waals surface area contributed by atoms with Crippen LogP contribution in [0.2, 0.25) is 0 Å². The van der Waals surface area contributed by atoms with Crippen LogP contribution in [0.25, 0.3) is 0 Å². The van der Waals surface area contributed by atoms with Crippen molar-refractivity contribution in [3.63, 3.8) is 0 Å². The Morgan fingerprint density at radius 3 is 2.79 bits per heavy atom. The third-order valence-corrected chi connectivity index (χ3v) is 5.15. The lowest BCUT2D eigenvalue weighted by Gasteiger charge is -2.37. The van der Waals surface area contributed by atoms with Crippen molar-refractivity contribution < 1.29 is 14.6 Å². The molecule has 1 fully saturated rings. The summed E-state index contributed by atoms with van der Waals surface area (Å²) in [4.78, 5) is 2.28. The number of hydrogen-bond acceptors (Lipinski definition) is 4. The summed E-state index contributed by atoms with van der Waals surface area (Å²) >= 11 is 0. The topological polar surface area (TPSA) is 41.9 Å². The Labute approximate surface area is 145 Å². The lowest BCUT2D eigenvalue weighted by molar-refractivity contribution is 0.181. The largest absolute Gasteiger partial charge is 0.490 e. The number of allylic oxidation sites excluding steroid dienone is 1. The second-order valence-corrected chi connectivity index (χ2v) is 7.17. The van der Waals surface area contributed by atoms with Crippen LogP contribution < -0.4 is 9.47 Å². The molecule has 132 valence electrons. The van der Waals surface area contributed by atoms with Crippen LogP contribution in [-0.4, -0.2) is 42.4 Å². The van der Waals surface area contributed by atoms with Crippen molar-refractivity contribution in [1.82, 2.24) is 4.90 Å². The van der Waals surface area contributed by atoms with E-state index in [9.17, 15) is 5.11 Å². The zero-order valence-corrected chi connectivity index (χ0v) is 15.2. The van der Waals surface area contributed by atoms with Crippen LogP contribution in [0.1, 0.15) is 45.6 Å². The molecule has 1 aliphatic carbocycles. The minimum absolute atomic E-state index is 0.00378. The molecule has 0 aromatic heterocycles. The molecule has 0 bridgehead atoms. The summed E-state index contributed by atoms with van der Waals surface area (Å²) in [5.74, 6) is 1.62. The molecule has 1 aliphatic heterocycles. The maximum atomic E-state index is 10.1. The van der Waals surface area contributed by atoms with Crippen molar-refractivity contribution in [3.05, 3.63) is 35.5 Å². The van der Waals surface area contributed by atoms with Crippen molar-refractivity contribution in [2.24, 2.45) is 0 Å². The molecular weight excluding hydrogens is 302 g/mol. The lowest BCUT2D eigenvalue weighted by atomic mass is 9.70. The van der Waals surface area contributed by atoms with Crippen LogP contribution in [-0.2, 0) is 5.41 Å². The number of aliphatic hydroxyl groups excluding tert-OH is 1. The molecule has 2 atom stereocenters. The van der Waals surface area contributed by atoms with Gasteiger partial charge in [-0.15, -0.1) is 0 Å². The molecule has 1 saturated heterocycles. The fourth-order valence-corrected chi connectivity index (χ4v) is 4.03. The number of rotatable bonds is 5. The summed E-state index contributed by atoms with van der Waals surface area (Å²) in [5, 5.41) is 10.1. The monoisotopic (exact) mass is 331 g/mol. The maximum Gasteiger partial charge on any atom is 0.161 e. The Kier molecular flexibility index (Phi) is 4.77. The molecule has 0 radical (unpaired) electrons. The van der Waals surface area contributed by atoms with Crippen LogP contribution in [0.5, 0.6) is 11.5 Å². The van der Waals surface area contributed by atoms with Crippen molar-refractivity contribution in [3.8, 4) is 11.5 Å². The molecule has 3 rings (SSSR count). The van der Waals surface area contributed by atoms with Crippen LogP contribution >= 0.6 is 0 Å². The summed E-state index contributed by atoms with van der Waals surface area (Å²) in [7, 11) is 2.12. The van der Waals surface area contributed by atoms with E-state index in [0.29, 0.717) is 6.61 Å². The summed E-state index contributed by atoms with van der Waals surface area (Å²) in [6, 6.07) is 6.35. The van der Waals surface area contributed by atoms with E-state index in [4.69, 9.17) is 9.47 Å². The fourth-order valence-electron chi connectivity index (χ4n) is 4.03. The van der Waals surface area contributed by atoms with E-state index in [0.717, 1.165) is 37.3 Å². The van der Waals surface area contributed by atoms with Gasteiger partial charge in [-0.2, -0.15) is 0 Å². The van der Waals surface area contributed by atoms with E-state index in [1.165, 1.54) is 11.3 Å². The predicted octanol–water partition coefficient (Wildman–Crippen LogP) is 3.48. The molecule has 0 unspecified atom stereocenters. The fraction of sp³-hybridized carbons (Fsp3) is 0.600. The molecule has 1 heterocycles. The first-order valence-corrected chi connectivity index (χ1v) is 9.02. The number of ether oxygens (including phenoxy) is 2. The van der Waals surface area contributed by atoms with Crippen molar-refractivity contribution >= 4 is 0 Å². The first kappa shape index (κ1) is 17.2. The van der Waals surface area contributed by atoms with Crippen molar-refractivity contribution in [1.29, 1.82) is 0 Å². The normalized spacial score (nSPS) is 26.3. The van der Waals surface area contributed by atoms with Gasteiger partial charge in [-0.3, -0.25) is 0 Å². The first-order chi connectivity index (χ1) is 11.5. The number of benzene rings is 1. The third kappa shape index (κ3) is 3.00. The van der Waals surface area contributed by atoms with Gasteiger partial charge in [0.2, 0.25) is 0 Å². The lowest BCUT2D eigenvalue weighted by Crippen LogP contribution is -2.33. The standard InChI is InChI=1S/C20H29NO3/c1-5-23-18-12-15(6-7-17(18)24-14(2)3)20-9-8-16(22)13-19(20)21(4)11-10-20/h6-7,12-14,16,22H,5,8-11H2,1-4H3/t16-,20+/m1/s1. The van der Waals surface area contributed by atoms with Crippen LogP contribution in [0, 0.1) is 0 Å². The Hall–Kier alpha value is -1.68. The van der Waals surface area contributed by atoms with E-state index < -0.39 is 0 Å². The number of nitrogens with zero attached hydrogens (tertiary/aromatic N) is 1. The summed E-state index contributed by atoms with van der Waals surface area (Å²) in [5.41, 5.74) is 2.52. The second-order valence-electron chi connectivity index (χ2n) is 7.17. The average molecular weight is 331 g/mol. The zero-order chi connectivity index (χ0) is 17.3. The molecule has 24 heavy (non-hydrogen) atoms. The minimum Gasteiger partial charge on any atom is -0.490 e. The van der Waals surface area contributed by atoms with Gasteiger partial charge in [0.05, 0.1) is 18.8 Å². The highest BCUT2D eigenvalue weighted by Gasteiger charge is 2.45. The van der Waals surface area contributed by atoms with Gasteiger partial charge in [0, 0.05) is 24.7 Å². The van der Waals surface area contributed by atoms with E-state index in [1.54, 1.807) is 0 Å². The number of hydrogen-bond donors (Lipinski definition) is 1. The second kappa shape index (κ2) is 6.67. The third-order valence-electron chi connectivity index (χ3n) is 5.15. The van der Waals surface area contributed by atoms with Crippen LogP contribution in [0.3, 0.4) is 0 Å². The molecular formula is C20H29NO3. The maximum absolute atomic E-state index is 10.1. The van der Waals surface area contributed by atoms with E-state index in [-0.39, 0.29) is 17.6 Å². The van der Waals surface area contributed by atoms with E-state index >= 15 is 0 Å². The van der Waals surface area contributed by atoms with Crippen LogP contribution in [0.15, 0.2) is 30.0 Å². The molecule has 2 aliphatic rings. The molecule has 4 nitrogen and oxygen atoms in total. The molecule has 1 aromatic carbocycles. The Balaban J connectivity index is 2.02. The number of likely N-dealkylation sites (N-methyl/N-ethyl adjacent to an activating group) is 1. The molecule has 1 N–H and O–H groups in total. The Morgan fingerprint density at radius 1 is 1.29 bits per heavy atom. The van der Waals surface area contributed by atoms with Gasteiger partial charge in [-0.25, -0.2) is 0 Å². The van der Waals surface area contributed by atoms with Gasteiger partial charge >= 0.3 is 0 Å². The van der Waals surface area contributed by atoms with Gasteiger partial charge in [0.15, 0.2) is 11.5 Å². The average Bonchev–Trinajstić information content (AvgIpc) is 2.87. The van der Waals surface area contributed by atoms with E-state index in [2.05, 4.69) is 24.1 Å². The highest BCUT2D eigenvalue weighted by Crippen LogP contribution is 2.50. The molecule has 0 saturated carbocycles. The highest BCUT2D eigenvalue weighted by molar-refractivity contribution is 5.49. The number of likely N-dealkylation sites (tertiary alicyclic amines) is 1. The molecule has 4 heteroatoms. The van der Waals surface area contributed by atoms with E-state index in [1.807, 2.05) is 32.9 Å². The summed E-state index contributed by atoms with van der Waals surface area (Å²) < 4.78 is 11.8. The summed E-state index contributed by atoms with van der Waals surface area (Å²) in [6.45, 7) is 7.68. The quantitative estimate of drug-likeness (QED) is 0.897. The van der Waals surface area contributed by atoms with Gasteiger partial charge in [0.25, 0.3) is 0 Å². The minimum atomic E-state index is -0.330. The van der Waals surface area contributed by atoms with Crippen LogP contribution in [0.4, 0.5) is 0 Å². The van der Waals surface area contributed by atoms with Gasteiger partial charge < -0.3 is 19.5 Å². The Bertz CT molecular complexity index is 625. The van der Waals surface area contributed by atoms with Crippen molar-refractivity contribution in [2.45, 2.75) is 57.7 Å². The predicted molar refractivity (Wildman–Crippen MR) is 95.6 cm³/mol. The molecule has 1 aromatic rings. The smallest absolute Gasteiger partial charge is 0.161 e. The first-order valence-electron chi connectivity index (χ1n) is 9.02. The highest BCUT2D eigenvalue weighted by atomic mass is 16.5. The zero-order valence-electron chi connectivity index (χ0n) is 15.2. The number of fused-ring (bicyclic) bond motifs is 1. The van der Waals surface area contributed by atoms with Gasteiger partial charge in [-0.1, -0.05) is 6.07 Å². The van der Waals surface area contributed by atoms with Gasteiger partial charge in [0.1, 0.15) is 0 Å². The Morgan fingerprint density at radius 2 is 2.08 bits per heavy atom. The molecule has 0 spiro atoms. The molecule has 0 amide bonds. The number of aliphatic hydroxyl groups is 1. The SMILES string of the molecule is CCOc1cc([C@@]23CC[C@@H](O)C=C2N(C)CC3)ccc1OC(C)C. The van der Waals surface area contributed by atoms with Gasteiger partial charge in [-0.05, 0) is 63.8 Å². The summed E-state index contributed by atoms with van der Waals surface area (Å²) in [6.07, 6.45) is 4.69. The van der Waals surface area contributed by atoms with Crippen molar-refractivity contribution in [2.75, 3.05) is 20.2 Å².